The average Bonchev–Trinajstić information content (AvgIpc) is 3.17. The molecule has 1 aliphatic rings. The van der Waals surface area contributed by atoms with Crippen molar-refractivity contribution in [1.29, 1.82) is 0 Å². The molecule has 0 saturated carbocycles. The fourth-order valence-corrected chi connectivity index (χ4v) is 3.66. The van der Waals surface area contributed by atoms with Gasteiger partial charge in [0, 0.05) is 11.7 Å². The van der Waals surface area contributed by atoms with Gasteiger partial charge in [-0.1, -0.05) is 48.9 Å². The van der Waals surface area contributed by atoms with Gasteiger partial charge in [0.15, 0.2) is 5.82 Å². The summed E-state index contributed by atoms with van der Waals surface area (Å²) in [6.45, 7) is 5.18. The van der Waals surface area contributed by atoms with Crippen LogP contribution in [0.25, 0.3) is 5.69 Å². The van der Waals surface area contributed by atoms with Crippen molar-refractivity contribution in [2.24, 2.45) is 5.92 Å². The van der Waals surface area contributed by atoms with E-state index in [2.05, 4.69) is 59.7 Å². The van der Waals surface area contributed by atoms with Gasteiger partial charge in [0.25, 0.3) is 0 Å². The second-order valence-corrected chi connectivity index (χ2v) is 6.69. The van der Waals surface area contributed by atoms with Crippen LogP contribution in [0.5, 0.6) is 0 Å². The molecule has 0 spiro atoms. The zero-order valence-electron chi connectivity index (χ0n) is 14.1. The van der Waals surface area contributed by atoms with E-state index in [9.17, 15) is 0 Å². The van der Waals surface area contributed by atoms with Crippen LogP contribution in [0.1, 0.15) is 35.5 Å². The van der Waals surface area contributed by atoms with E-state index in [1.54, 1.807) is 6.33 Å². The standard InChI is InChI=1S/C20H22N4/c1-14-8-9-16-11-15(2)20(18(16)10-14)21-12-19-23-22-13-24(19)17-6-4-3-5-7-17/h3-10,13,15,20-21H,11-12H2,1-2H3/t15-,20-/m1/s1. The van der Waals surface area contributed by atoms with Gasteiger partial charge in [-0.2, -0.15) is 0 Å². The van der Waals surface area contributed by atoms with Gasteiger partial charge < -0.3 is 5.32 Å². The highest BCUT2D eigenvalue weighted by atomic mass is 15.3. The second kappa shape index (κ2) is 6.21. The Morgan fingerprint density at radius 2 is 2.00 bits per heavy atom. The summed E-state index contributed by atoms with van der Waals surface area (Å²) in [5.74, 6) is 1.53. The summed E-state index contributed by atoms with van der Waals surface area (Å²) in [6, 6.07) is 17.4. The van der Waals surface area contributed by atoms with Crippen LogP contribution in [0.15, 0.2) is 54.9 Å². The maximum Gasteiger partial charge on any atom is 0.151 e. The molecule has 0 radical (unpaired) electrons. The van der Waals surface area contributed by atoms with Crippen molar-refractivity contribution in [2.45, 2.75) is 32.9 Å². The SMILES string of the molecule is Cc1ccc2c(c1)[C@H](NCc1nncn1-c1ccccc1)[C@H](C)C2. The molecule has 1 aromatic heterocycles. The molecule has 0 unspecified atom stereocenters. The normalized spacial score (nSPS) is 19.4. The highest BCUT2D eigenvalue weighted by Crippen LogP contribution is 2.36. The van der Waals surface area contributed by atoms with Crippen molar-refractivity contribution in [3.8, 4) is 5.69 Å². The Labute approximate surface area is 142 Å². The van der Waals surface area contributed by atoms with E-state index in [1.165, 1.54) is 16.7 Å². The van der Waals surface area contributed by atoms with Crippen LogP contribution in [-0.4, -0.2) is 14.8 Å². The topological polar surface area (TPSA) is 42.7 Å². The highest BCUT2D eigenvalue weighted by molar-refractivity contribution is 5.38. The Hall–Kier alpha value is -2.46. The van der Waals surface area contributed by atoms with Crippen molar-refractivity contribution >= 4 is 0 Å². The molecule has 4 heteroatoms. The second-order valence-electron chi connectivity index (χ2n) is 6.69. The minimum Gasteiger partial charge on any atom is -0.303 e. The maximum absolute atomic E-state index is 4.30. The zero-order valence-corrected chi connectivity index (χ0v) is 14.1. The number of rotatable bonds is 4. The molecule has 1 heterocycles. The molecule has 1 N–H and O–H groups in total. The summed E-state index contributed by atoms with van der Waals surface area (Å²) in [5, 5.41) is 12.1. The number of benzene rings is 2. The van der Waals surface area contributed by atoms with Crippen molar-refractivity contribution in [3.63, 3.8) is 0 Å². The molecule has 4 rings (SSSR count). The Balaban J connectivity index is 1.55. The van der Waals surface area contributed by atoms with Crippen LogP contribution >= 0.6 is 0 Å². The van der Waals surface area contributed by atoms with Crippen LogP contribution in [0.2, 0.25) is 0 Å². The van der Waals surface area contributed by atoms with Gasteiger partial charge in [-0.3, -0.25) is 4.57 Å². The van der Waals surface area contributed by atoms with E-state index in [-0.39, 0.29) is 0 Å². The van der Waals surface area contributed by atoms with Gasteiger partial charge in [-0.05, 0) is 42.5 Å². The third kappa shape index (κ3) is 2.74. The quantitative estimate of drug-likeness (QED) is 0.799. The fraction of sp³-hybridized carbons (Fsp3) is 0.300. The van der Waals surface area contributed by atoms with Gasteiger partial charge in [0.1, 0.15) is 6.33 Å². The van der Waals surface area contributed by atoms with Crippen molar-refractivity contribution in [1.82, 2.24) is 20.1 Å². The predicted octanol–water partition coefficient (Wildman–Crippen LogP) is 3.60. The number of hydrogen-bond acceptors (Lipinski definition) is 3. The zero-order chi connectivity index (χ0) is 16.5. The minimum atomic E-state index is 0.376. The Morgan fingerprint density at radius 1 is 1.17 bits per heavy atom. The monoisotopic (exact) mass is 318 g/mol. The lowest BCUT2D eigenvalue weighted by Crippen LogP contribution is -2.25. The third-order valence-electron chi connectivity index (χ3n) is 4.88. The van der Waals surface area contributed by atoms with Crippen molar-refractivity contribution in [2.75, 3.05) is 0 Å². The lowest BCUT2D eigenvalue weighted by atomic mass is 10.0. The highest BCUT2D eigenvalue weighted by Gasteiger charge is 2.29. The third-order valence-corrected chi connectivity index (χ3v) is 4.88. The molecule has 0 fully saturated rings. The lowest BCUT2D eigenvalue weighted by Gasteiger charge is -2.19. The van der Waals surface area contributed by atoms with E-state index in [4.69, 9.17) is 0 Å². The smallest absolute Gasteiger partial charge is 0.151 e. The number of nitrogens with one attached hydrogen (secondary N) is 1. The van der Waals surface area contributed by atoms with E-state index in [1.807, 2.05) is 22.8 Å². The fourth-order valence-electron chi connectivity index (χ4n) is 3.66. The van der Waals surface area contributed by atoms with Gasteiger partial charge in [-0.25, -0.2) is 0 Å². The Kier molecular flexibility index (Phi) is 3.90. The molecule has 0 bridgehead atoms. The molecule has 1 aliphatic carbocycles. The number of nitrogens with zero attached hydrogens (tertiary/aromatic N) is 3. The van der Waals surface area contributed by atoms with Gasteiger partial charge in [-0.15, -0.1) is 10.2 Å². The van der Waals surface area contributed by atoms with Crippen LogP contribution < -0.4 is 5.32 Å². The first kappa shape index (κ1) is 15.1. The van der Waals surface area contributed by atoms with Crippen LogP contribution in [0, 0.1) is 12.8 Å². The Morgan fingerprint density at radius 3 is 2.83 bits per heavy atom. The van der Waals surface area contributed by atoms with Gasteiger partial charge in [0.05, 0.1) is 6.54 Å². The first-order valence-corrected chi connectivity index (χ1v) is 8.49. The molecule has 3 aromatic rings. The first-order chi connectivity index (χ1) is 11.7. The summed E-state index contributed by atoms with van der Waals surface area (Å²) in [5.41, 5.74) is 5.32. The molecule has 0 saturated heterocycles. The van der Waals surface area contributed by atoms with Crippen LogP contribution in [0.3, 0.4) is 0 Å². The number of hydrogen-bond donors (Lipinski definition) is 1. The van der Waals surface area contributed by atoms with Crippen molar-refractivity contribution < 1.29 is 0 Å². The van der Waals surface area contributed by atoms with E-state index in [0.29, 0.717) is 18.5 Å². The van der Waals surface area contributed by atoms with E-state index in [0.717, 1.165) is 17.9 Å². The van der Waals surface area contributed by atoms with E-state index >= 15 is 0 Å². The lowest BCUT2D eigenvalue weighted by molar-refractivity contribution is 0.409. The summed E-state index contributed by atoms with van der Waals surface area (Å²) in [4.78, 5) is 0. The summed E-state index contributed by atoms with van der Waals surface area (Å²) < 4.78 is 2.05. The molecule has 2 aromatic carbocycles. The molecule has 4 nitrogen and oxygen atoms in total. The number of fused-ring (bicyclic) bond motifs is 1. The Bertz CT molecular complexity index is 838. The van der Waals surface area contributed by atoms with Gasteiger partial charge >= 0.3 is 0 Å². The summed E-state index contributed by atoms with van der Waals surface area (Å²) >= 11 is 0. The van der Waals surface area contributed by atoms with Gasteiger partial charge in [0.2, 0.25) is 0 Å². The summed E-state index contributed by atoms with van der Waals surface area (Å²) in [7, 11) is 0. The molecule has 0 amide bonds. The molecule has 2 atom stereocenters. The number of para-hydroxylation sites is 1. The molecular weight excluding hydrogens is 296 g/mol. The van der Waals surface area contributed by atoms with Crippen LogP contribution in [0.4, 0.5) is 0 Å². The first-order valence-electron chi connectivity index (χ1n) is 8.49. The van der Waals surface area contributed by atoms with Crippen molar-refractivity contribution in [3.05, 3.63) is 77.4 Å². The average molecular weight is 318 g/mol. The van der Waals surface area contributed by atoms with Crippen LogP contribution in [-0.2, 0) is 13.0 Å². The number of aryl methyl sites for hydroxylation is 1. The molecule has 0 aliphatic heterocycles. The number of aromatic nitrogens is 3. The molecular formula is C20H22N4. The summed E-state index contributed by atoms with van der Waals surface area (Å²) in [6.07, 6.45) is 2.92. The molecule has 24 heavy (non-hydrogen) atoms. The molecule has 122 valence electrons. The van der Waals surface area contributed by atoms with E-state index < -0.39 is 0 Å². The largest absolute Gasteiger partial charge is 0.303 e. The minimum absolute atomic E-state index is 0.376. The maximum atomic E-state index is 4.30. The predicted molar refractivity (Wildman–Crippen MR) is 95.0 cm³/mol.